The molecule has 0 unspecified atom stereocenters. The molecule has 1 amide bonds. The minimum absolute atomic E-state index is 0.0781. The third-order valence-electron chi connectivity index (χ3n) is 3.60. The zero-order chi connectivity index (χ0) is 13.0. The standard InChI is InChI=1S/C15H20N2O/c1-3-14(18)16-15(2)9-11-17(12-10-15)13-7-5-4-6-8-13/h3-8H,1,9-12H2,2H3,(H,16,18). The Hall–Kier alpha value is -1.77. The molecule has 1 aliphatic heterocycles. The molecule has 1 heterocycles. The predicted molar refractivity (Wildman–Crippen MR) is 74.6 cm³/mol. The largest absolute Gasteiger partial charge is 0.371 e. The lowest BCUT2D eigenvalue weighted by atomic mass is 9.89. The number of carbonyl (C=O) groups excluding carboxylic acids is 1. The number of hydrogen-bond acceptors (Lipinski definition) is 2. The van der Waals surface area contributed by atoms with E-state index in [0.29, 0.717) is 0 Å². The number of carbonyl (C=O) groups is 1. The van der Waals surface area contributed by atoms with Crippen molar-refractivity contribution in [1.82, 2.24) is 5.32 Å². The van der Waals surface area contributed by atoms with Crippen LogP contribution in [0.1, 0.15) is 19.8 Å². The average molecular weight is 244 g/mol. The van der Waals surface area contributed by atoms with Crippen LogP contribution in [0.15, 0.2) is 43.0 Å². The van der Waals surface area contributed by atoms with Crippen LogP contribution in [0.2, 0.25) is 0 Å². The minimum Gasteiger partial charge on any atom is -0.371 e. The molecule has 3 nitrogen and oxygen atoms in total. The van der Waals surface area contributed by atoms with Gasteiger partial charge >= 0.3 is 0 Å². The van der Waals surface area contributed by atoms with Crippen molar-refractivity contribution in [3.05, 3.63) is 43.0 Å². The van der Waals surface area contributed by atoms with Crippen LogP contribution in [0, 0.1) is 0 Å². The van der Waals surface area contributed by atoms with Gasteiger partial charge in [0.1, 0.15) is 0 Å². The molecule has 0 bridgehead atoms. The van der Waals surface area contributed by atoms with Crippen molar-refractivity contribution in [3.8, 4) is 0 Å². The Kier molecular flexibility index (Phi) is 3.70. The number of amides is 1. The summed E-state index contributed by atoms with van der Waals surface area (Å²) in [6, 6.07) is 10.4. The van der Waals surface area contributed by atoms with Gasteiger partial charge in [0.15, 0.2) is 0 Å². The van der Waals surface area contributed by atoms with E-state index in [0.717, 1.165) is 25.9 Å². The number of rotatable bonds is 3. The summed E-state index contributed by atoms with van der Waals surface area (Å²) in [6.07, 6.45) is 3.26. The number of nitrogens with one attached hydrogen (secondary N) is 1. The van der Waals surface area contributed by atoms with Gasteiger partial charge in [0.05, 0.1) is 0 Å². The van der Waals surface area contributed by atoms with Gasteiger partial charge in [-0.15, -0.1) is 0 Å². The zero-order valence-electron chi connectivity index (χ0n) is 10.9. The summed E-state index contributed by atoms with van der Waals surface area (Å²) in [5.41, 5.74) is 1.16. The van der Waals surface area contributed by atoms with Gasteiger partial charge in [0.25, 0.3) is 0 Å². The molecular formula is C15H20N2O. The molecule has 0 aromatic heterocycles. The number of para-hydroxylation sites is 1. The molecule has 18 heavy (non-hydrogen) atoms. The van der Waals surface area contributed by atoms with E-state index in [9.17, 15) is 4.79 Å². The molecule has 1 aliphatic rings. The summed E-state index contributed by atoms with van der Waals surface area (Å²) in [6.45, 7) is 7.55. The smallest absolute Gasteiger partial charge is 0.243 e. The monoisotopic (exact) mass is 244 g/mol. The number of piperidine rings is 1. The molecule has 1 N–H and O–H groups in total. The molecule has 0 saturated carbocycles. The molecule has 1 aromatic rings. The Morgan fingerprint density at radius 1 is 1.33 bits per heavy atom. The van der Waals surface area contributed by atoms with Crippen LogP contribution in [-0.2, 0) is 4.79 Å². The number of anilines is 1. The Bertz CT molecular complexity index is 419. The van der Waals surface area contributed by atoms with Crippen molar-refractivity contribution < 1.29 is 4.79 Å². The summed E-state index contributed by atoms with van der Waals surface area (Å²) in [5.74, 6) is -0.0781. The molecule has 3 heteroatoms. The van der Waals surface area contributed by atoms with E-state index in [1.165, 1.54) is 11.8 Å². The summed E-state index contributed by atoms with van der Waals surface area (Å²) in [5, 5.41) is 3.03. The van der Waals surface area contributed by atoms with Crippen molar-refractivity contribution >= 4 is 11.6 Å². The number of nitrogens with zero attached hydrogens (tertiary/aromatic N) is 1. The van der Waals surface area contributed by atoms with E-state index in [2.05, 4.69) is 48.0 Å². The molecule has 0 spiro atoms. The van der Waals surface area contributed by atoms with Crippen molar-refractivity contribution in [2.24, 2.45) is 0 Å². The number of benzene rings is 1. The Labute approximate surface area is 108 Å². The highest BCUT2D eigenvalue weighted by atomic mass is 16.1. The summed E-state index contributed by atoms with van der Waals surface area (Å²) < 4.78 is 0. The second-order valence-corrected chi connectivity index (χ2v) is 5.08. The Morgan fingerprint density at radius 3 is 2.50 bits per heavy atom. The van der Waals surface area contributed by atoms with E-state index in [1.54, 1.807) is 0 Å². The van der Waals surface area contributed by atoms with E-state index in [1.807, 2.05) is 6.07 Å². The Morgan fingerprint density at radius 2 is 1.94 bits per heavy atom. The highest BCUT2D eigenvalue weighted by Crippen LogP contribution is 2.25. The lowest BCUT2D eigenvalue weighted by Gasteiger charge is -2.40. The first kappa shape index (κ1) is 12.7. The van der Waals surface area contributed by atoms with E-state index >= 15 is 0 Å². The lowest BCUT2D eigenvalue weighted by Crippen LogP contribution is -2.53. The van der Waals surface area contributed by atoms with E-state index in [4.69, 9.17) is 0 Å². The number of hydrogen-bond donors (Lipinski definition) is 1. The van der Waals surface area contributed by atoms with Gasteiger partial charge < -0.3 is 10.2 Å². The fraction of sp³-hybridized carbons (Fsp3) is 0.400. The molecule has 96 valence electrons. The summed E-state index contributed by atoms with van der Waals surface area (Å²) >= 11 is 0. The van der Waals surface area contributed by atoms with Gasteiger partial charge in [-0.2, -0.15) is 0 Å². The third kappa shape index (κ3) is 2.92. The van der Waals surface area contributed by atoms with Gasteiger partial charge in [0.2, 0.25) is 5.91 Å². The molecule has 1 aromatic carbocycles. The molecule has 0 atom stereocenters. The van der Waals surface area contributed by atoms with Crippen molar-refractivity contribution in [2.75, 3.05) is 18.0 Å². The second kappa shape index (κ2) is 5.25. The van der Waals surface area contributed by atoms with Crippen LogP contribution in [0.5, 0.6) is 0 Å². The van der Waals surface area contributed by atoms with Gasteiger partial charge in [-0.3, -0.25) is 4.79 Å². The van der Waals surface area contributed by atoms with Crippen molar-refractivity contribution in [3.63, 3.8) is 0 Å². The maximum Gasteiger partial charge on any atom is 0.243 e. The van der Waals surface area contributed by atoms with Gasteiger partial charge in [0, 0.05) is 24.3 Å². The third-order valence-corrected chi connectivity index (χ3v) is 3.60. The van der Waals surface area contributed by atoms with Crippen LogP contribution in [-0.4, -0.2) is 24.5 Å². The van der Waals surface area contributed by atoms with E-state index < -0.39 is 0 Å². The minimum atomic E-state index is -0.101. The highest BCUT2D eigenvalue weighted by Gasteiger charge is 2.30. The maximum atomic E-state index is 11.4. The molecule has 2 rings (SSSR count). The predicted octanol–water partition coefficient (Wildman–Crippen LogP) is 2.35. The van der Waals surface area contributed by atoms with Crippen LogP contribution in [0.3, 0.4) is 0 Å². The molecule has 0 aliphatic carbocycles. The SMILES string of the molecule is C=CC(=O)NC1(C)CCN(c2ccccc2)CC1. The lowest BCUT2D eigenvalue weighted by molar-refractivity contribution is -0.118. The van der Waals surface area contributed by atoms with Crippen LogP contribution in [0.25, 0.3) is 0 Å². The van der Waals surface area contributed by atoms with Gasteiger partial charge in [-0.1, -0.05) is 24.8 Å². The highest BCUT2D eigenvalue weighted by molar-refractivity contribution is 5.87. The molecule has 1 fully saturated rings. The molecular weight excluding hydrogens is 224 g/mol. The first-order valence-corrected chi connectivity index (χ1v) is 6.37. The van der Waals surface area contributed by atoms with Gasteiger partial charge in [-0.25, -0.2) is 0 Å². The van der Waals surface area contributed by atoms with E-state index in [-0.39, 0.29) is 11.4 Å². The quantitative estimate of drug-likeness (QED) is 0.828. The Balaban J connectivity index is 1.95. The van der Waals surface area contributed by atoms with Crippen molar-refractivity contribution in [1.29, 1.82) is 0 Å². The first-order valence-electron chi connectivity index (χ1n) is 6.37. The topological polar surface area (TPSA) is 32.3 Å². The molecule has 0 radical (unpaired) electrons. The zero-order valence-corrected chi connectivity index (χ0v) is 10.9. The molecule has 1 saturated heterocycles. The first-order chi connectivity index (χ1) is 8.63. The fourth-order valence-corrected chi connectivity index (χ4v) is 2.37. The normalized spacial score (nSPS) is 18.2. The van der Waals surface area contributed by atoms with Crippen LogP contribution < -0.4 is 10.2 Å². The van der Waals surface area contributed by atoms with Gasteiger partial charge in [-0.05, 0) is 38.0 Å². The van der Waals surface area contributed by atoms with Crippen LogP contribution >= 0.6 is 0 Å². The summed E-state index contributed by atoms with van der Waals surface area (Å²) in [4.78, 5) is 13.8. The fourth-order valence-electron chi connectivity index (χ4n) is 2.37. The second-order valence-electron chi connectivity index (χ2n) is 5.08. The van der Waals surface area contributed by atoms with Crippen molar-refractivity contribution in [2.45, 2.75) is 25.3 Å². The summed E-state index contributed by atoms with van der Waals surface area (Å²) in [7, 11) is 0. The van der Waals surface area contributed by atoms with Crippen LogP contribution in [0.4, 0.5) is 5.69 Å². The average Bonchev–Trinajstić information content (AvgIpc) is 2.40. The maximum absolute atomic E-state index is 11.4.